The van der Waals surface area contributed by atoms with Crippen LogP contribution in [0.15, 0.2) is 36.4 Å². The molecule has 1 aliphatic carbocycles. The molecule has 27 heavy (non-hydrogen) atoms. The van der Waals surface area contributed by atoms with Gasteiger partial charge in [0.05, 0.1) is 0 Å². The Morgan fingerprint density at radius 3 is 1.63 bits per heavy atom. The summed E-state index contributed by atoms with van der Waals surface area (Å²) in [5.41, 5.74) is 7.57. The highest BCUT2D eigenvalue weighted by Crippen LogP contribution is 2.29. The van der Waals surface area contributed by atoms with Gasteiger partial charge in [0.25, 0.3) is 0 Å². The first kappa shape index (κ1) is 21.7. The average molecular weight is 366 g/mol. The summed E-state index contributed by atoms with van der Waals surface area (Å²) in [6.07, 6.45) is 3.93. The Balaban J connectivity index is 0.000000194. The molecule has 0 saturated heterocycles. The van der Waals surface area contributed by atoms with Gasteiger partial charge in [0, 0.05) is 22.2 Å². The van der Waals surface area contributed by atoms with Crippen molar-refractivity contribution in [3.63, 3.8) is 0 Å². The predicted molar refractivity (Wildman–Crippen MR) is 119 cm³/mol. The summed E-state index contributed by atoms with van der Waals surface area (Å²) in [7, 11) is 0. The highest BCUT2D eigenvalue weighted by molar-refractivity contribution is 5.37. The number of hydrogen-bond donors (Lipinski definition) is 0. The van der Waals surface area contributed by atoms with Crippen molar-refractivity contribution in [2.24, 2.45) is 0 Å². The Labute approximate surface area is 167 Å². The molecule has 0 bridgehead atoms. The molecule has 0 amide bonds. The normalized spacial score (nSPS) is 14.4. The summed E-state index contributed by atoms with van der Waals surface area (Å²) in [4.78, 5) is 4.72. The first-order valence-corrected chi connectivity index (χ1v) is 10.4. The molecule has 0 fully saturated rings. The lowest BCUT2D eigenvalue weighted by Gasteiger charge is -2.23. The van der Waals surface area contributed by atoms with Crippen molar-refractivity contribution in [1.82, 2.24) is 4.98 Å². The molecule has 0 unspecified atom stereocenters. The molecular weight excluding hydrogens is 326 g/mol. The lowest BCUT2D eigenvalue weighted by atomic mass is 9.85. The Bertz CT molecular complexity index is 735. The fourth-order valence-corrected chi connectivity index (χ4v) is 3.31. The second kappa shape index (κ2) is 7.78. The third-order valence-electron chi connectivity index (χ3n) is 5.25. The van der Waals surface area contributed by atoms with Crippen molar-refractivity contribution >= 4 is 0 Å². The Kier molecular flexibility index (Phi) is 6.24. The van der Waals surface area contributed by atoms with Crippen molar-refractivity contribution in [3.8, 4) is 0 Å². The van der Waals surface area contributed by atoms with Crippen LogP contribution in [0, 0.1) is 0 Å². The molecule has 1 aromatic carbocycles. The van der Waals surface area contributed by atoms with Crippen molar-refractivity contribution in [1.29, 1.82) is 0 Å². The van der Waals surface area contributed by atoms with Gasteiger partial charge in [-0.15, -0.1) is 0 Å². The monoisotopic (exact) mass is 365 g/mol. The third-order valence-corrected chi connectivity index (χ3v) is 5.25. The number of aromatic nitrogens is 1. The van der Waals surface area contributed by atoms with Crippen molar-refractivity contribution in [3.05, 3.63) is 64.5 Å². The maximum absolute atomic E-state index is 4.72. The van der Waals surface area contributed by atoms with Crippen LogP contribution in [0.25, 0.3) is 0 Å². The van der Waals surface area contributed by atoms with Crippen LogP contribution in [0.4, 0.5) is 0 Å². The number of nitrogens with zero attached hydrogens (tertiary/aromatic N) is 1. The summed E-state index contributed by atoms with van der Waals surface area (Å²) in [5.74, 6) is 0. The molecule has 1 aliphatic rings. The summed E-state index contributed by atoms with van der Waals surface area (Å²) in [6.45, 7) is 20.0. The predicted octanol–water partition coefficient (Wildman–Crippen LogP) is 7.15. The molecule has 1 heterocycles. The van der Waals surface area contributed by atoms with Crippen LogP contribution in [0.1, 0.15) is 96.8 Å². The van der Waals surface area contributed by atoms with Crippen molar-refractivity contribution in [2.75, 3.05) is 0 Å². The van der Waals surface area contributed by atoms with E-state index < -0.39 is 0 Å². The van der Waals surface area contributed by atoms with E-state index in [1.807, 2.05) is 0 Å². The Hall–Kier alpha value is -1.63. The molecule has 3 rings (SSSR count). The van der Waals surface area contributed by atoms with Gasteiger partial charge in [0.15, 0.2) is 0 Å². The van der Waals surface area contributed by atoms with E-state index in [-0.39, 0.29) is 10.8 Å². The van der Waals surface area contributed by atoms with E-state index in [1.165, 1.54) is 36.2 Å². The van der Waals surface area contributed by atoms with Gasteiger partial charge < -0.3 is 0 Å². The van der Waals surface area contributed by atoms with Gasteiger partial charge >= 0.3 is 0 Å². The zero-order valence-electron chi connectivity index (χ0n) is 19.0. The molecule has 1 nitrogen and oxygen atoms in total. The van der Waals surface area contributed by atoms with E-state index in [9.17, 15) is 0 Å². The average Bonchev–Trinajstić information content (AvgIpc) is 3.01. The molecule has 0 spiro atoms. The molecule has 0 aliphatic heterocycles. The number of hydrogen-bond acceptors (Lipinski definition) is 1. The maximum atomic E-state index is 4.72. The van der Waals surface area contributed by atoms with Crippen LogP contribution in [0.2, 0.25) is 0 Å². The fourth-order valence-electron chi connectivity index (χ4n) is 3.31. The van der Waals surface area contributed by atoms with Gasteiger partial charge in [-0.2, -0.15) is 0 Å². The van der Waals surface area contributed by atoms with Crippen LogP contribution in [-0.4, -0.2) is 4.98 Å². The highest BCUT2D eigenvalue weighted by Gasteiger charge is 2.20. The largest absolute Gasteiger partial charge is 0.257 e. The summed E-state index contributed by atoms with van der Waals surface area (Å²) < 4.78 is 0. The molecule has 0 saturated carbocycles. The SMILES string of the molecule is CC(C)(C)c1ccc2c(c1)CCC2.CC(C)(C)c1cccc(C(C)(C)C)n1. The van der Waals surface area contributed by atoms with E-state index >= 15 is 0 Å². The van der Waals surface area contributed by atoms with E-state index in [0.29, 0.717) is 5.41 Å². The Morgan fingerprint density at radius 2 is 1.15 bits per heavy atom. The molecule has 0 atom stereocenters. The standard InChI is InChI=1S/C13H21N.C13H18/c1-12(2,3)10-8-7-9-11(14-10)13(4,5)6;1-13(2,3)12-8-7-10-5-4-6-11(10)9-12/h7-9H,1-6H3;7-9H,4-6H2,1-3H3. The number of benzene rings is 1. The quantitative estimate of drug-likeness (QED) is 0.483. The second-order valence-electron chi connectivity index (χ2n) is 11.0. The Morgan fingerprint density at radius 1 is 0.630 bits per heavy atom. The highest BCUT2D eigenvalue weighted by atomic mass is 14.7. The topological polar surface area (TPSA) is 12.9 Å². The minimum atomic E-state index is 0.140. The smallest absolute Gasteiger partial charge is 0.0460 e. The fraction of sp³-hybridized carbons (Fsp3) is 0.577. The second-order valence-corrected chi connectivity index (χ2v) is 11.0. The number of fused-ring (bicyclic) bond motifs is 1. The van der Waals surface area contributed by atoms with E-state index in [2.05, 4.69) is 98.7 Å². The van der Waals surface area contributed by atoms with Gasteiger partial charge in [0.1, 0.15) is 0 Å². The molecule has 2 aromatic rings. The summed E-state index contributed by atoms with van der Waals surface area (Å²) in [6, 6.07) is 13.3. The van der Waals surface area contributed by atoms with E-state index in [4.69, 9.17) is 4.98 Å². The maximum Gasteiger partial charge on any atom is 0.0460 e. The zero-order valence-corrected chi connectivity index (χ0v) is 19.0. The number of rotatable bonds is 0. The van der Waals surface area contributed by atoms with Crippen molar-refractivity contribution in [2.45, 2.75) is 97.8 Å². The minimum absolute atomic E-state index is 0.140. The molecule has 148 valence electrons. The lowest BCUT2D eigenvalue weighted by molar-refractivity contribution is 0.531. The van der Waals surface area contributed by atoms with Crippen LogP contribution >= 0.6 is 0 Å². The zero-order chi connectivity index (χ0) is 20.5. The van der Waals surface area contributed by atoms with Crippen LogP contribution < -0.4 is 0 Å². The first-order valence-electron chi connectivity index (χ1n) is 10.4. The molecule has 0 N–H and O–H groups in total. The van der Waals surface area contributed by atoms with Crippen molar-refractivity contribution < 1.29 is 0 Å². The molecule has 1 aromatic heterocycles. The molecular formula is C26H39N. The van der Waals surface area contributed by atoms with Gasteiger partial charge in [0.2, 0.25) is 0 Å². The van der Waals surface area contributed by atoms with Gasteiger partial charge in [-0.25, -0.2) is 0 Å². The third kappa shape index (κ3) is 5.92. The van der Waals surface area contributed by atoms with Gasteiger partial charge in [-0.05, 0) is 53.5 Å². The molecule has 1 heteroatoms. The minimum Gasteiger partial charge on any atom is -0.257 e. The first-order chi connectivity index (χ1) is 12.3. The molecule has 0 radical (unpaired) electrons. The lowest BCUT2D eigenvalue weighted by Crippen LogP contribution is -2.19. The van der Waals surface area contributed by atoms with Gasteiger partial charge in [-0.1, -0.05) is 86.6 Å². The van der Waals surface area contributed by atoms with E-state index in [0.717, 1.165) is 0 Å². The summed E-state index contributed by atoms with van der Waals surface area (Å²) in [5, 5.41) is 0. The van der Waals surface area contributed by atoms with Gasteiger partial charge in [-0.3, -0.25) is 4.98 Å². The number of pyridine rings is 1. The van der Waals surface area contributed by atoms with Crippen LogP contribution in [0.3, 0.4) is 0 Å². The van der Waals surface area contributed by atoms with E-state index in [1.54, 1.807) is 11.1 Å². The summed E-state index contributed by atoms with van der Waals surface area (Å²) >= 11 is 0. The number of aryl methyl sites for hydroxylation is 2. The van der Waals surface area contributed by atoms with Crippen LogP contribution in [0.5, 0.6) is 0 Å². The van der Waals surface area contributed by atoms with Crippen LogP contribution in [-0.2, 0) is 29.1 Å².